The molecule has 0 spiro atoms. The number of halogens is 3. The maximum atomic E-state index is 13.8. The topological polar surface area (TPSA) is 103 Å². The van der Waals surface area contributed by atoms with Crippen LogP contribution in [0.25, 0.3) is 22.2 Å². The lowest BCUT2D eigenvalue weighted by molar-refractivity contribution is 0.0935. The molecule has 10 heteroatoms. The lowest BCUT2D eigenvalue weighted by Crippen LogP contribution is -2.39. The second-order valence-corrected chi connectivity index (χ2v) is 11.9. The van der Waals surface area contributed by atoms with E-state index < -0.39 is 29.0 Å². The van der Waals surface area contributed by atoms with Gasteiger partial charge in [-0.3, -0.25) is 14.6 Å². The Morgan fingerprint density at radius 1 is 1.00 bits per heavy atom. The highest BCUT2D eigenvalue weighted by Crippen LogP contribution is 2.41. The number of rotatable bonds is 8. The average molecular weight is 598 g/mol. The van der Waals surface area contributed by atoms with E-state index >= 15 is 0 Å². The first-order valence-corrected chi connectivity index (χ1v) is 14.3. The van der Waals surface area contributed by atoms with Gasteiger partial charge in [-0.15, -0.1) is 0 Å². The quantitative estimate of drug-likeness (QED) is 0.227. The summed E-state index contributed by atoms with van der Waals surface area (Å²) in [5.74, 6) is -3.18. The minimum Gasteiger partial charge on any atom is -0.366 e. The van der Waals surface area contributed by atoms with Crippen LogP contribution >= 0.6 is 0 Å². The molecule has 0 saturated heterocycles. The van der Waals surface area contributed by atoms with Crippen molar-refractivity contribution in [3.8, 4) is 11.1 Å². The fourth-order valence-corrected chi connectivity index (χ4v) is 6.03. The minimum absolute atomic E-state index is 0.130. The second kappa shape index (κ2) is 10.9. The van der Waals surface area contributed by atoms with Gasteiger partial charge in [-0.25, -0.2) is 18.2 Å². The number of nitrogens with two attached hydrogens (primary N) is 1. The summed E-state index contributed by atoms with van der Waals surface area (Å²) in [6.45, 7) is 6.13. The molecule has 0 bridgehead atoms. The van der Waals surface area contributed by atoms with Crippen molar-refractivity contribution in [2.45, 2.75) is 45.7 Å². The first kappa shape index (κ1) is 29.1. The zero-order valence-corrected chi connectivity index (χ0v) is 24.4. The second-order valence-electron chi connectivity index (χ2n) is 11.9. The van der Waals surface area contributed by atoms with Crippen molar-refractivity contribution in [2.75, 3.05) is 0 Å². The van der Waals surface area contributed by atoms with Crippen molar-refractivity contribution in [2.24, 2.45) is 11.7 Å². The smallest absolute Gasteiger partial charge is 0.254 e. The van der Waals surface area contributed by atoms with Crippen molar-refractivity contribution in [3.63, 3.8) is 0 Å². The SMILES string of the molecule is CC(C)Cc1nc2c(c(-c3cnc4c(ccn4Cc4ccc(F)c(F)c4)c3)c1C(N)=O)C(=O)NC2(C)Cc1ccc(F)cc1. The van der Waals surface area contributed by atoms with Gasteiger partial charge in [0, 0.05) is 41.9 Å². The van der Waals surface area contributed by atoms with Crippen molar-refractivity contribution in [3.05, 3.63) is 118 Å². The molecule has 1 atom stereocenters. The number of primary amides is 1. The zero-order valence-electron chi connectivity index (χ0n) is 24.4. The maximum absolute atomic E-state index is 13.8. The number of aromatic nitrogens is 3. The summed E-state index contributed by atoms with van der Waals surface area (Å²) in [6.07, 6.45) is 4.15. The van der Waals surface area contributed by atoms with Crippen molar-refractivity contribution in [1.29, 1.82) is 0 Å². The van der Waals surface area contributed by atoms with Crippen LogP contribution in [0.15, 0.2) is 67.0 Å². The highest BCUT2D eigenvalue weighted by Gasteiger charge is 2.44. The Labute approximate surface area is 251 Å². The van der Waals surface area contributed by atoms with Crippen LogP contribution in [0.1, 0.15) is 64.0 Å². The molecule has 2 aromatic carbocycles. The van der Waals surface area contributed by atoms with Crippen LogP contribution in [0.2, 0.25) is 0 Å². The number of carbonyl (C=O) groups is 2. The Bertz CT molecular complexity index is 1950. The largest absolute Gasteiger partial charge is 0.366 e. The predicted molar refractivity (Wildman–Crippen MR) is 160 cm³/mol. The summed E-state index contributed by atoms with van der Waals surface area (Å²) in [5.41, 5.74) is 9.24. The molecule has 0 fully saturated rings. The van der Waals surface area contributed by atoms with Crippen LogP contribution in [0.4, 0.5) is 13.2 Å². The molecule has 3 aromatic heterocycles. The number of fused-ring (bicyclic) bond motifs is 2. The van der Waals surface area contributed by atoms with Crippen LogP contribution < -0.4 is 11.1 Å². The summed E-state index contributed by atoms with van der Waals surface area (Å²) in [5, 5.41) is 3.78. The van der Waals surface area contributed by atoms with Gasteiger partial charge >= 0.3 is 0 Å². The van der Waals surface area contributed by atoms with Crippen molar-refractivity contribution in [1.82, 2.24) is 19.9 Å². The normalized spacial score (nSPS) is 16.0. The molecule has 0 radical (unpaired) electrons. The molecule has 0 aliphatic carbocycles. The van der Waals surface area contributed by atoms with E-state index in [0.717, 1.165) is 17.7 Å². The third kappa shape index (κ3) is 5.21. The monoisotopic (exact) mass is 597 g/mol. The van der Waals surface area contributed by atoms with Crippen molar-refractivity contribution < 1.29 is 22.8 Å². The molecular weight excluding hydrogens is 567 g/mol. The molecule has 5 aromatic rings. The molecule has 3 N–H and O–H groups in total. The Balaban J connectivity index is 1.50. The predicted octanol–water partition coefficient (Wildman–Crippen LogP) is 6.06. The van der Waals surface area contributed by atoms with Gasteiger partial charge in [0.2, 0.25) is 0 Å². The van der Waals surface area contributed by atoms with Gasteiger partial charge in [0.25, 0.3) is 11.8 Å². The summed E-state index contributed by atoms with van der Waals surface area (Å²) in [6, 6.07) is 13.5. The van der Waals surface area contributed by atoms with E-state index in [1.807, 2.05) is 32.9 Å². The van der Waals surface area contributed by atoms with E-state index in [0.29, 0.717) is 52.0 Å². The number of benzene rings is 2. The molecule has 44 heavy (non-hydrogen) atoms. The summed E-state index contributed by atoms with van der Waals surface area (Å²) < 4.78 is 42.7. The number of hydrogen-bond acceptors (Lipinski definition) is 4. The van der Waals surface area contributed by atoms with E-state index in [9.17, 15) is 22.8 Å². The lowest BCUT2D eigenvalue weighted by atomic mass is 9.85. The number of carbonyl (C=O) groups excluding carboxylic acids is 2. The van der Waals surface area contributed by atoms with Gasteiger partial charge in [-0.1, -0.05) is 32.0 Å². The van der Waals surface area contributed by atoms with E-state index in [1.165, 1.54) is 18.2 Å². The first-order chi connectivity index (χ1) is 20.9. The zero-order chi connectivity index (χ0) is 31.3. The number of pyridine rings is 2. The molecule has 1 unspecified atom stereocenters. The van der Waals surface area contributed by atoms with E-state index in [2.05, 4.69) is 10.3 Å². The van der Waals surface area contributed by atoms with Gasteiger partial charge < -0.3 is 15.6 Å². The standard InChI is InChI=1S/C34H30F3N5O2/c1-18(2)12-26-28(31(38)43)27(29-30(40-26)34(3,41-33(29)44)15-19-4-7-23(35)8-5-19)22-14-21-10-11-42(32(21)39-16-22)17-20-6-9-24(36)25(37)13-20/h4-11,13-14,16,18H,12,15,17H2,1-3H3,(H2,38,43)(H,41,44). The van der Waals surface area contributed by atoms with E-state index in [4.69, 9.17) is 10.7 Å². The van der Waals surface area contributed by atoms with Gasteiger partial charge in [0.1, 0.15) is 11.5 Å². The summed E-state index contributed by atoms with van der Waals surface area (Å²) >= 11 is 0. The van der Waals surface area contributed by atoms with Gasteiger partial charge in [-0.2, -0.15) is 0 Å². The molecular formula is C34H30F3N5O2. The van der Waals surface area contributed by atoms with E-state index in [-0.39, 0.29) is 29.4 Å². The molecule has 7 nitrogen and oxygen atoms in total. The Morgan fingerprint density at radius 2 is 1.73 bits per heavy atom. The highest BCUT2D eigenvalue weighted by molar-refractivity contribution is 6.12. The first-order valence-electron chi connectivity index (χ1n) is 14.3. The third-order valence-corrected chi connectivity index (χ3v) is 7.96. The van der Waals surface area contributed by atoms with Crippen LogP contribution in [-0.4, -0.2) is 26.3 Å². The fraction of sp³-hybridized carbons (Fsp3) is 0.235. The molecule has 4 heterocycles. The molecule has 1 aliphatic rings. The number of nitrogens with one attached hydrogen (secondary N) is 1. The minimum atomic E-state index is -0.938. The fourth-order valence-electron chi connectivity index (χ4n) is 6.03. The van der Waals surface area contributed by atoms with Crippen LogP contribution in [0, 0.1) is 23.4 Å². The van der Waals surface area contributed by atoms with Gasteiger partial charge in [0.15, 0.2) is 11.6 Å². The van der Waals surface area contributed by atoms with Crippen LogP contribution in [0.3, 0.4) is 0 Å². The Kier molecular flexibility index (Phi) is 7.23. The maximum Gasteiger partial charge on any atom is 0.254 e. The van der Waals surface area contributed by atoms with Gasteiger partial charge in [-0.05, 0) is 66.8 Å². The number of hydrogen-bond donors (Lipinski definition) is 2. The molecule has 224 valence electrons. The average Bonchev–Trinajstić information content (AvgIpc) is 3.47. The van der Waals surface area contributed by atoms with Crippen LogP contribution in [-0.2, 0) is 24.9 Å². The summed E-state index contributed by atoms with van der Waals surface area (Å²) in [7, 11) is 0. The highest BCUT2D eigenvalue weighted by atomic mass is 19.2. The third-order valence-electron chi connectivity index (χ3n) is 7.96. The van der Waals surface area contributed by atoms with Gasteiger partial charge in [0.05, 0.1) is 28.1 Å². The molecule has 6 rings (SSSR count). The lowest BCUT2D eigenvalue weighted by Gasteiger charge is -2.26. The molecule has 0 saturated carbocycles. The molecule has 1 aliphatic heterocycles. The molecule has 2 amide bonds. The summed E-state index contributed by atoms with van der Waals surface area (Å²) in [4.78, 5) is 36.3. The van der Waals surface area contributed by atoms with Crippen molar-refractivity contribution >= 4 is 22.8 Å². The number of nitrogens with zero attached hydrogens (tertiary/aromatic N) is 3. The Hall–Kier alpha value is -4.99. The Morgan fingerprint density at radius 3 is 2.41 bits per heavy atom. The number of amides is 2. The van der Waals surface area contributed by atoms with Crippen LogP contribution in [0.5, 0.6) is 0 Å². The van der Waals surface area contributed by atoms with E-state index in [1.54, 1.807) is 29.1 Å².